The molecule has 1 aromatic heterocycles. The van der Waals surface area contributed by atoms with Crippen molar-refractivity contribution < 1.29 is 5.11 Å². The second-order valence-corrected chi connectivity index (χ2v) is 7.42. The van der Waals surface area contributed by atoms with Crippen molar-refractivity contribution in [3.05, 3.63) is 10.6 Å². The highest BCUT2D eigenvalue weighted by Gasteiger charge is 2.28. The third kappa shape index (κ3) is 2.73. The molecule has 1 unspecified atom stereocenters. The maximum atomic E-state index is 10.1. The van der Waals surface area contributed by atoms with Gasteiger partial charge >= 0.3 is 0 Å². The van der Waals surface area contributed by atoms with Crippen molar-refractivity contribution in [2.24, 2.45) is 5.92 Å². The van der Waals surface area contributed by atoms with Gasteiger partial charge in [-0.2, -0.15) is 0 Å². The van der Waals surface area contributed by atoms with Crippen molar-refractivity contribution in [1.29, 1.82) is 0 Å². The number of anilines is 1. The molecule has 0 amide bonds. The molecule has 2 aliphatic carbocycles. The Kier molecular flexibility index (Phi) is 4.32. The molecule has 3 rings (SSSR count). The number of aromatic nitrogens is 1. The smallest absolute Gasteiger partial charge is 0.185 e. The first-order chi connectivity index (χ1) is 9.69. The van der Waals surface area contributed by atoms with E-state index >= 15 is 0 Å². The Hall–Kier alpha value is -0.610. The Morgan fingerprint density at radius 3 is 2.65 bits per heavy atom. The molecule has 1 saturated carbocycles. The minimum Gasteiger partial charge on any atom is -0.388 e. The molecule has 0 saturated heterocycles. The molecule has 1 fully saturated rings. The Morgan fingerprint density at radius 1 is 1.25 bits per heavy atom. The summed E-state index contributed by atoms with van der Waals surface area (Å²) in [5, 5.41) is 11.2. The lowest BCUT2D eigenvalue weighted by molar-refractivity contribution is 0.160. The summed E-state index contributed by atoms with van der Waals surface area (Å²) in [6.07, 6.45) is 9.38. The standard InChI is InChI=1S/C16H26N2OS/c1-3-11-7-9-12(10-8-11)18(2)16-17-13-5-4-6-14(19)15(13)20-16/h11-12,14,19H,3-10H2,1-2H3. The summed E-state index contributed by atoms with van der Waals surface area (Å²) in [4.78, 5) is 8.30. The van der Waals surface area contributed by atoms with Crippen molar-refractivity contribution in [3.63, 3.8) is 0 Å². The predicted octanol–water partition coefficient (Wildman–Crippen LogP) is 3.92. The highest BCUT2D eigenvalue weighted by Crippen LogP contribution is 2.39. The number of thiazole rings is 1. The van der Waals surface area contributed by atoms with Crippen molar-refractivity contribution in [2.45, 2.75) is 70.4 Å². The van der Waals surface area contributed by atoms with Gasteiger partial charge in [-0.05, 0) is 50.9 Å². The van der Waals surface area contributed by atoms with Crippen molar-refractivity contribution in [2.75, 3.05) is 11.9 Å². The lowest BCUT2D eigenvalue weighted by Gasteiger charge is -2.34. The van der Waals surface area contributed by atoms with Crippen molar-refractivity contribution in [1.82, 2.24) is 4.98 Å². The average Bonchev–Trinajstić information content (AvgIpc) is 2.92. The van der Waals surface area contributed by atoms with Crippen LogP contribution in [0.25, 0.3) is 0 Å². The monoisotopic (exact) mass is 294 g/mol. The second kappa shape index (κ2) is 6.02. The Morgan fingerprint density at radius 2 is 2.00 bits per heavy atom. The number of rotatable bonds is 3. The molecule has 4 heteroatoms. The molecule has 0 aliphatic heterocycles. The Bertz CT molecular complexity index is 451. The number of aliphatic hydroxyl groups excluding tert-OH is 1. The van der Waals surface area contributed by atoms with Crippen LogP contribution in [0.4, 0.5) is 5.13 Å². The van der Waals surface area contributed by atoms with Gasteiger partial charge < -0.3 is 10.0 Å². The van der Waals surface area contributed by atoms with Crippen LogP contribution < -0.4 is 4.90 Å². The first-order valence-electron chi connectivity index (χ1n) is 8.09. The van der Waals surface area contributed by atoms with E-state index in [4.69, 9.17) is 4.98 Å². The zero-order valence-electron chi connectivity index (χ0n) is 12.6. The van der Waals surface area contributed by atoms with Gasteiger partial charge in [0.05, 0.1) is 16.7 Å². The molecule has 0 aromatic carbocycles. The molecule has 20 heavy (non-hydrogen) atoms. The number of nitrogens with zero attached hydrogens (tertiary/aromatic N) is 2. The van der Waals surface area contributed by atoms with E-state index in [-0.39, 0.29) is 6.10 Å². The third-order valence-corrected chi connectivity index (χ3v) is 6.44. The van der Waals surface area contributed by atoms with E-state index in [0.717, 1.165) is 40.9 Å². The number of aryl methyl sites for hydroxylation is 1. The van der Waals surface area contributed by atoms with Gasteiger partial charge in [-0.1, -0.05) is 24.7 Å². The van der Waals surface area contributed by atoms with E-state index in [1.165, 1.54) is 32.1 Å². The first-order valence-corrected chi connectivity index (χ1v) is 8.91. The van der Waals surface area contributed by atoms with Gasteiger partial charge in [0, 0.05) is 13.1 Å². The van der Waals surface area contributed by atoms with Crippen LogP contribution in [0.1, 0.15) is 68.5 Å². The zero-order valence-corrected chi connectivity index (χ0v) is 13.5. The van der Waals surface area contributed by atoms with Gasteiger partial charge in [0.25, 0.3) is 0 Å². The molecule has 1 atom stereocenters. The van der Waals surface area contributed by atoms with Gasteiger partial charge in [0.2, 0.25) is 0 Å². The molecular weight excluding hydrogens is 268 g/mol. The molecule has 0 bridgehead atoms. The van der Waals surface area contributed by atoms with Gasteiger partial charge in [0.1, 0.15) is 0 Å². The van der Waals surface area contributed by atoms with Crippen LogP contribution in [0, 0.1) is 5.92 Å². The number of aliphatic hydroxyl groups is 1. The third-order valence-electron chi connectivity index (χ3n) is 5.15. The van der Waals surface area contributed by atoms with Crippen LogP contribution in [0.5, 0.6) is 0 Å². The summed E-state index contributed by atoms with van der Waals surface area (Å²) in [6, 6.07) is 0.641. The molecule has 1 aromatic rings. The number of hydrogen-bond acceptors (Lipinski definition) is 4. The summed E-state index contributed by atoms with van der Waals surface area (Å²) in [6.45, 7) is 2.31. The highest BCUT2D eigenvalue weighted by atomic mass is 32.1. The van der Waals surface area contributed by atoms with Gasteiger partial charge in [-0.15, -0.1) is 0 Å². The van der Waals surface area contributed by atoms with Crippen molar-refractivity contribution >= 4 is 16.5 Å². The molecule has 1 N–H and O–H groups in total. The first kappa shape index (κ1) is 14.3. The summed E-state index contributed by atoms with van der Waals surface area (Å²) in [7, 11) is 2.19. The predicted molar refractivity (Wildman–Crippen MR) is 84.5 cm³/mol. The largest absolute Gasteiger partial charge is 0.388 e. The molecular formula is C16H26N2OS. The number of hydrogen-bond donors (Lipinski definition) is 1. The molecule has 2 aliphatic rings. The fraction of sp³-hybridized carbons (Fsp3) is 0.812. The fourth-order valence-electron chi connectivity index (χ4n) is 3.63. The van der Waals surface area contributed by atoms with Crippen LogP contribution in [0.2, 0.25) is 0 Å². The zero-order chi connectivity index (χ0) is 14.1. The van der Waals surface area contributed by atoms with E-state index < -0.39 is 0 Å². The van der Waals surface area contributed by atoms with Gasteiger partial charge in [-0.25, -0.2) is 4.98 Å². The fourth-order valence-corrected chi connectivity index (χ4v) is 4.80. The Balaban J connectivity index is 1.70. The normalized spacial score (nSPS) is 30.1. The lowest BCUT2D eigenvalue weighted by atomic mass is 9.84. The van der Waals surface area contributed by atoms with Crippen LogP contribution in [-0.2, 0) is 6.42 Å². The SMILES string of the molecule is CCC1CCC(N(C)c2nc3c(s2)C(O)CCC3)CC1. The second-order valence-electron chi connectivity index (χ2n) is 6.41. The van der Waals surface area contributed by atoms with E-state index in [0.29, 0.717) is 6.04 Å². The average molecular weight is 294 g/mol. The maximum absolute atomic E-state index is 10.1. The summed E-state index contributed by atoms with van der Waals surface area (Å²) in [5.41, 5.74) is 1.15. The van der Waals surface area contributed by atoms with E-state index in [2.05, 4.69) is 18.9 Å². The summed E-state index contributed by atoms with van der Waals surface area (Å²) in [5.74, 6) is 0.936. The van der Waals surface area contributed by atoms with Gasteiger partial charge in [0.15, 0.2) is 5.13 Å². The highest BCUT2D eigenvalue weighted by molar-refractivity contribution is 7.15. The molecule has 0 radical (unpaired) electrons. The Labute approximate surface area is 126 Å². The van der Waals surface area contributed by atoms with Crippen LogP contribution in [-0.4, -0.2) is 23.2 Å². The lowest BCUT2D eigenvalue weighted by Crippen LogP contribution is -2.35. The van der Waals surface area contributed by atoms with E-state index in [1.54, 1.807) is 11.3 Å². The van der Waals surface area contributed by atoms with Crippen LogP contribution in [0.15, 0.2) is 0 Å². The summed E-state index contributed by atoms with van der Waals surface area (Å²) >= 11 is 1.72. The van der Waals surface area contributed by atoms with Crippen LogP contribution >= 0.6 is 11.3 Å². The van der Waals surface area contributed by atoms with Crippen molar-refractivity contribution in [3.8, 4) is 0 Å². The minimum atomic E-state index is -0.269. The number of fused-ring (bicyclic) bond motifs is 1. The molecule has 1 heterocycles. The van der Waals surface area contributed by atoms with E-state index in [1.807, 2.05) is 0 Å². The van der Waals surface area contributed by atoms with Gasteiger partial charge in [-0.3, -0.25) is 0 Å². The summed E-state index contributed by atoms with van der Waals surface area (Å²) < 4.78 is 0. The maximum Gasteiger partial charge on any atom is 0.185 e. The quantitative estimate of drug-likeness (QED) is 0.918. The van der Waals surface area contributed by atoms with Crippen LogP contribution in [0.3, 0.4) is 0 Å². The molecule has 0 spiro atoms. The molecule has 3 nitrogen and oxygen atoms in total. The minimum absolute atomic E-state index is 0.269. The topological polar surface area (TPSA) is 36.4 Å². The molecule has 112 valence electrons. The van der Waals surface area contributed by atoms with E-state index in [9.17, 15) is 5.11 Å².